The summed E-state index contributed by atoms with van der Waals surface area (Å²) in [6.07, 6.45) is 2.45. The molecule has 1 fully saturated rings. The van der Waals surface area contributed by atoms with Gasteiger partial charge in [-0.05, 0) is 40.5 Å². The topological polar surface area (TPSA) is 15.3 Å². The van der Waals surface area contributed by atoms with E-state index in [4.69, 9.17) is 0 Å². The van der Waals surface area contributed by atoms with Gasteiger partial charge in [0.15, 0.2) is 0 Å². The van der Waals surface area contributed by atoms with Crippen molar-refractivity contribution in [3.8, 4) is 0 Å². The monoisotopic (exact) mass is 212 g/mol. The minimum Gasteiger partial charge on any atom is -0.308 e. The zero-order chi connectivity index (χ0) is 11.7. The summed E-state index contributed by atoms with van der Waals surface area (Å²) < 4.78 is 0. The maximum absolute atomic E-state index is 3.77. The normalized spacial score (nSPS) is 25.8. The first-order valence-corrected chi connectivity index (χ1v) is 6.38. The Balaban J connectivity index is 2.83. The number of nitrogens with one attached hydrogen (secondary N) is 1. The Labute approximate surface area is 95.4 Å². The molecule has 0 spiro atoms. The molecule has 15 heavy (non-hydrogen) atoms. The van der Waals surface area contributed by atoms with E-state index in [1.54, 1.807) is 0 Å². The predicted molar refractivity (Wildman–Crippen MR) is 67.2 cm³/mol. The molecule has 2 nitrogen and oxygen atoms in total. The third kappa shape index (κ3) is 2.54. The van der Waals surface area contributed by atoms with Crippen molar-refractivity contribution in [2.45, 2.75) is 71.5 Å². The summed E-state index contributed by atoms with van der Waals surface area (Å²) in [5, 5.41) is 3.77. The second kappa shape index (κ2) is 4.42. The van der Waals surface area contributed by atoms with E-state index in [9.17, 15) is 0 Å². The molecule has 0 atom stereocenters. The molecule has 2 heteroatoms. The van der Waals surface area contributed by atoms with Crippen LogP contribution in [-0.4, -0.2) is 35.1 Å². The van der Waals surface area contributed by atoms with Gasteiger partial charge >= 0.3 is 0 Å². The quantitative estimate of drug-likeness (QED) is 0.773. The summed E-state index contributed by atoms with van der Waals surface area (Å²) in [4.78, 5) is 2.65. The first-order chi connectivity index (χ1) is 6.87. The van der Waals surface area contributed by atoms with Crippen molar-refractivity contribution < 1.29 is 0 Å². The maximum atomic E-state index is 3.77. The summed E-state index contributed by atoms with van der Waals surface area (Å²) in [5.74, 6) is 0. The third-order valence-electron chi connectivity index (χ3n) is 4.12. The van der Waals surface area contributed by atoms with Gasteiger partial charge in [-0.3, -0.25) is 4.90 Å². The van der Waals surface area contributed by atoms with Crippen LogP contribution in [0.4, 0.5) is 0 Å². The molecule has 0 radical (unpaired) electrons. The minimum absolute atomic E-state index is 0.294. The van der Waals surface area contributed by atoms with E-state index < -0.39 is 0 Å². The zero-order valence-corrected chi connectivity index (χ0v) is 11.4. The van der Waals surface area contributed by atoms with Crippen LogP contribution in [0.2, 0.25) is 0 Å². The van der Waals surface area contributed by atoms with Gasteiger partial charge in [0.05, 0.1) is 0 Å². The van der Waals surface area contributed by atoms with E-state index in [1.807, 2.05) is 0 Å². The largest absolute Gasteiger partial charge is 0.308 e. The van der Waals surface area contributed by atoms with E-state index in [0.29, 0.717) is 17.1 Å². The van der Waals surface area contributed by atoms with Gasteiger partial charge in [-0.1, -0.05) is 13.8 Å². The van der Waals surface area contributed by atoms with E-state index in [1.165, 1.54) is 19.4 Å². The van der Waals surface area contributed by atoms with Crippen LogP contribution in [0.5, 0.6) is 0 Å². The molecule has 1 rings (SSSR count). The van der Waals surface area contributed by atoms with Gasteiger partial charge in [0.25, 0.3) is 0 Å². The molecule has 0 unspecified atom stereocenters. The van der Waals surface area contributed by atoms with E-state index in [2.05, 4.69) is 51.8 Å². The highest BCUT2D eigenvalue weighted by molar-refractivity contribution is 5.01. The molecular weight excluding hydrogens is 184 g/mol. The lowest BCUT2D eigenvalue weighted by molar-refractivity contribution is -0.000275. The molecule has 0 aromatic heterocycles. The Morgan fingerprint density at radius 3 is 2.13 bits per heavy atom. The van der Waals surface area contributed by atoms with Crippen molar-refractivity contribution in [1.29, 1.82) is 0 Å². The number of rotatable bonds is 3. The van der Waals surface area contributed by atoms with Gasteiger partial charge in [0.1, 0.15) is 0 Å². The third-order valence-corrected chi connectivity index (χ3v) is 4.12. The second-order valence-electron chi connectivity index (χ2n) is 5.88. The van der Waals surface area contributed by atoms with Gasteiger partial charge in [0, 0.05) is 30.2 Å². The molecule has 1 aliphatic heterocycles. The Morgan fingerprint density at radius 1 is 1.20 bits per heavy atom. The van der Waals surface area contributed by atoms with Gasteiger partial charge in [-0.2, -0.15) is 0 Å². The van der Waals surface area contributed by atoms with Crippen molar-refractivity contribution in [3.63, 3.8) is 0 Å². The molecule has 0 aromatic carbocycles. The predicted octanol–water partition coefficient (Wildman–Crippen LogP) is 2.64. The average Bonchev–Trinajstić information content (AvgIpc) is 2.18. The summed E-state index contributed by atoms with van der Waals surface area (Å²) in [5.41, 5.74) is 0.641. The van der Waals surface area contributed by atoms with Crippen molar-refractivity contribution in [1.82, 2.24) is 10.2 Å². The van der Waals surface area contributed by atoms with E-state index in [-0.39, 0.29) is 0 Å². The fourth-order valence-electron chi connectivity index (χ4n) is 2.71. The highest BCUT2D eigenvalue weighted by Gasteiger charge is 2.41. The highest BCUT2D eigenvalue weighted by atomic mass is 15.3. The van der Waals surface area contributed by atoms with Crippen LogP contribution < -0.4 is 5.32 Å². The summed E-state index contributed by atoms with van der Waals surface area (Å²) in [7, 11) is 0. The minimum atomic E-state index is 0.294. The molecule has 0 amide bonds. The smallest absolute Gasteiger partial charge is 0.0304 e. The molecule has 0 aliphatic carbocycles. The van der Waals surface area contributed by atoms with Gasteiger partial charge in [0.2, 0.25) is 0 Å². The number of hydrogen-bond acceptors (Lipinski definition) is 2. The highest BCUT2D eigenvalue weighted by Crippen LogP contribution is 2.29. The number of nitrogens with zero attached hydrogens (tertiary/aromatic N) is 1. The zero-order valence-electron chi connectivity index (χ0n) is 11.4. The van der Waals surface area contributed by atoms with E-state index >= 15 is 0 Å². The van der Waals surface area contributed by atoms with Crippen LogP contribution in [0.3, 0.4) is 0 Å². The average molecular weight is 212 g/mol. The molecule has 1 N–H and O–H groups in total. The van der Waals surface area contributed by atoms with Crippen molar-refractivity contribution in [3.05, 3.63) is 0 Å². The molecule has 0 aromatic rings. The van der Waals surface area contributed by atoms with Crippen LogP contribution >= 0.6 is 0 Å². The summed E-state index contributed by atoms with van der Waals surface area (Å²) >= 11 is 0. The lowest BCUT2D eigenvalue weighted by atomic mass is 9.84. The maximum Gasteiger partial charge on any atom is 0.0304 e. The lowest BCUT2D eigenvalue weighted by Gasteiger charge is -2.53. The molecule has 0 saturated carbocycles. The van der Waals surface area contributed by atoms with Gasteiger partial charge < -0.3 is 5.32 Å². The van der Waals surface area contributed by atoms with Crippen LogP contribution in [0.25, 0.3) is 0 Å². The standard InChI is InChI=1S/C13H28N2/c1-7-13(8-2)10-15(11(3)4)12(5,6)9-14-13/h11,14H,7-10H2,1-6H3. The van der Waals surface area contributed by atoms with Gasteiger partial charge in [-0.25, -0.2) is 0 Å². The molecular formula is C13H28N2. The van der Waals surface area contributed by atoms with Crippen LogP contribution in [0, 0.1) is 0 Å². The summed E-state index contributed by atoms with van der Waals surface area (Å²) in [6.45, 7) is 16.2. The Morgan fingerprint density at radius 2 is 1.73 bits per heavy atom. The SMILES string of the molecule is CCC1(CC)CN(C(C)C)C(C)(C)CN1. The molecule has 1 heterocycles. The molecule has 1 aliphatic rings. The van der Waals surface area contributed by atoms with Crippen molar-refractivity contribution in [2.75, 3.05) is 13.1 Å². The Kier molecular flexibility index (Phi) is 3.83. The fraction of sp³-hybridized carbons (Fsp3) is 1.00. The van der Waals surface area contributed by atoms with E-state index in [0.717, 1.165) is 6.54 Å². The Hall–Kier alpha value is -0.0800. The molecule has 1 saturated heterocycles. The second-order valence-corrected chi connectivity index (χ2v) is 5.88. The van der Waals surface area contributed by atoms with Crippen molar-refractivity contribution >= 4 is 0 Å². The Bertz CT molecular complexity index is 205. The van der Waals surface area contributed by atoms with Crippen molar-refractivity contribution in [2.24, 2.45) is 0 Å². The lowest BCUT2D eigenvalue weighted by Crippen LogP contribution is -2.69. The first-order valence-electron chi connectivity index (χ1n) is 6.38. The molecule has 0 bridgehead atoms. The summed E-state index contributed by atoms with van der Waals surface area (Å²) in [6, 6.07) is 0.638. The van der Waals surface area contributed by atoms with Gasteiger partial charge in [-0.15, -0.1) is 0 Å². The molecule has 90 valence electrons. The first kappa shape index (κ1) is 13.0. The fourth-order valence-corrected chi connectivity index (χ4v) is 2.71. The number of hydrogen-bond donors (Lipinski definition) is 1. The van der Waals surface area contributed by atoms with Crippen LogP contribution in [0.15, 0.2) is 0 Å². The van der Waals surface area contributed by atoms with Crippen LogP contribution in [0.1, 0.15) is 54.4 Å². The van der Waals surface area contributed by atoms with Crippen LogP contribution in [-0.2, 0) is 0 Å². The number of piperazine rings is 1.